The monoisotopic (exact) mass is 456 g/mol. The minimum atomic E-state index is -3.38. The van der Waals surface area contributed by atoms with Crippen molar-refractivity contribution in [2.75, 3.05) is 13.2 Å². The SMILES string of the molecule is CCOP(=O)(OCC)c1ccc(C(C)NC(=O)c2cnc(-c3ccccn3)nc2O)cc1. The minimum Gasteiger partial charge on any atom is -0.493 e. The van der Waals surface area contributed by atoms with Gasteiger partial charge in [0, 0.05) is 12.4 Å². The molecule has 2 N–H and O–H groups in total. The average molecular weight is 456 g/mol. The maximum absolute atomic E-state index is 12.9. The Labute approximate surface area is 186 Å². The lowest BCUT2D eigenvalue weighted by Gasteiger charge is -2.19. The van der Waals surface area contributed by atoms with E-state index < -0.39 is 25.4 Å². The summed E-state index contributed by atoms with van der Waals surface area (Å²) in [4.78, 5) is 24.9. The molecule has 10 heteroatoms. The first-order valence-corrected chi connectivity index (χ1v) is 11.7. The average Bonchev–Trinajstić information content (AvgIpc) is 2.80. The van der Waals surface area contributed by atoms with Crippen molar-refractivity contribution in [1.29, 1.82) is 0 Å². The Balaban J connectivity index is 1.72. The molecule has 1 unspecified atom stereocenters. The smallest absolute Gasteiger partial charge is 0.361 e. The zero-order chi connectivity index (χ0) is 23.1. The van der Waals surface area contributed by atoms with Crippen LogP contribution in [0.25, 0.3) is 11.5 Å². The lowest BCUT2D eigenvalue weighted by Crippen LogP contribution is -2.27. The Hall–Kier alpha value is -3.13. The van der Waals surface area contributed by atoms with Crippen LogP contribution in [0.3, 0.4) is 0 Å². The molecule has 0 saturated carbocycles. The van der Waals surface area contributed by atoms with Crippen LogP contribution in [-0.2, 0) is 13.6 Å². The molecule has 9 nitrogen and oxygen atoms in total. The van der Waals surface area contributed by atoms with E-state index in [9.17, 15) is 14.5 Å². The highest BCUT2D eigenvalue weighted by Crippen LogP contribution is 2.46. The number of carbonyl (C=O) groups excluding carboxylic acids is 1. The predicted octanol–water partition coefficient (Wildman–Crippen LogP) is 3.63. The van der Waals surface area contributed by atoms with Crippen LogP contribution < -0.4 is 10.6 Å². The molecule has 0 aliphatic carbocycles. The van der Waals surface area contributed by atoms with E-state index in [4.69, 9.17) is 9.05 Å². The number of rotatable bonds is 9. The molecule has 0 spiro atoms. The Morgan fingerprint density at radius 2 is 1.78 bits per heavy atom. The van der Waals surface area contributed by atoms with Crippen molar-refractivity contribution in [2.24, 2.45) is 0 Å². The summed E-state index contributed by atoms with van der Waals surface area (Å²) in [5.74, 6) is -0.743. The van der Waals surface area contributed by atoms with Crippen LogP contribution in [-0.4, -0.2) is 39.2 Å². The van der Waals surface area contributed by atoms with Crippen molar-refractivity contribution in [3.8, 4) is 17.4 Å². The summed E-state index contributed by atoms with van der Waals surface area (Å²) in [6.45, 7) is 5.81. The maximum atomic E-state index is 12.9. The third-order valence-corrected chi connectivity index (χ3v) is 6.69. The van der Waals surface area contributed by atoms with Gasteiger partial charge in [0.2, 0.25) is 5.88 Å². The molecule has 0 aliphatic heterocycles. The molecule has 0 radical (unpaired) electrons. The third kappa shape index (κ3) is 5.37. The van der Waals surface area contributed by atoms with Gasteiger partial charge in [-0.15, -0.1) is 0 Å². The van der Waals surface area contributed by atoms with Gasteiger partial charge in [0.1, 0.15) is 11.3 Å². The minimum absolute atomic E-state index is 0.0506. The molecule has 3 rings (SSSR count). The lowest BCUT2D eigenvalue weighted by molar-refractivity contribution is 0.0936. The van der Waals surface area contributed by atoms with Crippen molar-refractivity contribution in [3.63, 3.8) is 0 Å². The second-order valence-corrected chi connectivity index (χ2v) is 8.79. The Morgan fingerprint density at radius 3 is 2.34 bits per heavy atom. The third-order valence-electron chi connectivity index (χ3n) is 4.56. The van der Waals surface area contributed by atoms with E-state index >= 15 is 0 Å². The highest BCUT2D eigenvalue weighted by Gasteiger charge is 2.26. The summed E-state index contributed by atoms with van der Waals surface area (Å²) in [5.41, 5.74) is 1.21. The molecule has 2 heterocycles. The van der Waals surface area contributed by atoms with Crippen LogP contribution >= 0.6 is 7.60 Å². The van der Waals surface area contributed by atoms with Crippen molar-refractivity contribution < 1.29 is 23.5 Å². The molecule has 2 aromatic heterocycles. The van der Waals surface area contributed by atoms with Gasteiger partial charge in [-0.05, 0) is 50.6 Å². The molecule has 1 atom stereocenters. The number of aromatic hydroxyl groups is 1. The number of hydrogen-bond donors (Lipinski definition) is 2. The van der Waals surface area contributed by atoms with E-state index in [1.165, 1.54) is 6.20 Å². The lowest BCUT2D eigenvalue weighted by atomic mass is 10.1. The normalized spacial score (nSPS) is 12.3. The molecule has 1 amide bonds. The van der Waals surface area contributed by atoms with Gasteiger partial charge >= 0.3 is 7.60 Å². The Bertz CT molecular complexity index is 1100. The molecule has 0 fully saturated rings. The highest BCUT2D eigenvalue weighted by molar-refractivity contribution is 7.62. The standard InChI is InChI=1S/C22H25N4O5P/c1-4-30-32(29,31-5-2)17-11-9-16(10-12-17)15(3)25-21(27)18-14-24-20(26-22(18)28)19-8-6-7-13-23-19/h6-15H,4-5H2,1-3H3,(H,25,27)(H,24,26,28). The summed E-state index contributed by atoms with van der Waals surface area (Å²) in [6.07, 6.45) is 2.85. The zero-order valence-electron chi connectivity index (χ0n) is 18.1. The first-order chi connectivity index (χ1) is 15.4. The van der Waals surface area contributed by atoms with Crippen LogP contribution in [0.5, 0.6) is 5.88 Å². The molecular weight excluding hydrogens is 431 g/mol. The van der Waals surface area contributed by atoms with Gasteiger partial charge in [-0.2, -0.15) is 4.98 Å². The van der Waals surface area contributed by atoms with Gasteiger partial charge in [0.15, 0.2) is 5.82 Å². The number of nitrogens with zero attached hydrogens (tertiary/aromatic N) is 3. The van der Waals surface area contributed by atoms with Crippen molar-refractivity contribution in [2.45, 2.75) is 26.8 Å². The summed E-state index contributed by atoms with van der Waals surface area (Å²) < 4.78 is 23.6. The van der Waals surface area contributed by atoms with Gasteiger partial charge in [0.25, 0.3) is 5.91 Å². The van der Waals surface area contributed by atoms with E-state index in [2.05, 4.69) is 20.3 Å². The molecule has 3 aromatic rings. The fourth-order valence-corrected chi connectivity index (χ4v) is 4.55. The Kier molecular flexibility index (Phi) is 7.69. The number of amides is 1. The molecule has 32 heavy (non-hydrogen) atoms. The quantitative estimate of drug-likeness (QED) is 0.468. The number of carbonyl (C=O) groups is 1. The van der Waals surface area contributed by atoms with E-state index in [0.717, 1.165) is 5.56 Å². The van der Waals surface area contributed by atoms with E-state index in [0.29, 0.717) is 11.0 Å². The van der Waals surface area contributed by atoms with Gasteiger partial charge < -0.3 is 19.5 Å². The number of pyridine rings is 1. The van der Waals surface area contributed by atoms with Crippen LogP contribution in [0, 0.1) is 0 Å². The second kappa shape index (κ2) is 10.5. The molecule has 0 saturated heterocycles. The summed E-state index contributed by atoms with van der Waals surface area (Å²) in [5, 5.41) is 13.5. The summed E-state index contributed by atoms with van der Waals surface area (Å²) >= 11 is 0. The van der Waals surface area contributed by atoms with Gasteiger partial charge in [-0.25, -0.2) is 4.98 Å². The fraction of sp³-hybridized carbons (Fsp3) is 0.273. The molecule has 1 aromatic carbocycles. The van der Waals surface area contributed by atoms with Gasteiger partial charge in [-0.3, -0.25) is 14.3 Å². The molecular formula is C22H25N4O5P. The number of aromatic nitrogens is 3. The Morgan fingerprint density at radius 1 is 1.09 bits per heavy atom. The maximum Gasteiger partial charge on any atom is 0.361 e. The molecule has 168 valence electrons. The van der Waals surface area contributed by atoms with Crippen LogP contribution in [0.15, 0.2) is 54.9 Å². The highest BCUT2D eigenvalue weighted by atomic mass is 31.2. The number of nitrogens with one attached hydrogen (secondary N) is 1. The fourth-order valence-electron chi connectivity index (χ4n) is 2.98. The second-order valence-electron chi connectivity index (χ2n) is 6.77. The predicted molar refractivity (Wildman–Crippen MR) is 120 cm³/mol. The van der Waals surface area contributed by atoms with Crippen LogP contribution in [0.4, 0.5) is 0 Å². The first-order valence-electron chi connectivity index (χ1n) is 10.2. The van der Waals surface area contributed by atoms with Crippen LogP contribution in [0.1, 0.15) is 42.7 Å². The van der Waals surface area contributed by atoms with Gasteiger partial charge in [0.05, 0.1) is 24.6 Å². The molecule has 0 bridgehead atoms. The number of hydrogen-bond acceptors (Lipinski definition) is 8. The van der Waals surface area contributed by atoms with E-state index in [-0.39, 0.29) is 24.6 Å². The van der Waals surface area contributed by atoms with Crippen molar-refractivity contribution in [1.82, 2.24) is 20.3 Å². The van der Waals surface area contributed by atoms with Crippen molar-refractivity contribution in [3.05, 3.63) is 66.0 Å². The summed E-state index contributed by atoms with van der Waals surface area (Å²) in [7, 11) is -3.38. The van der Waals surface area contributed by atoms with Crippen LogP contribution in [0.2, 0.25) is 0 Å². The van der Waals surface area contributed by atoms with E-state index in [1.807, 2.05) is 0 Å². The zero-order valence-corrected chi connectivity index (χ0v) is 19.0. The largest absolute Gasteiger partial charge is 0.493 e. The molecule has 0 aliphatic rings. The van der Waals surface area contributed by atoms with Gasteiger partial charge in [-0.1, -0.05) is 18.2 Å². The first kappa shape index (κ1) is 23.5. The topological polar surface area (TPSA) is 124 Å². The van der Waals surface area contributed by atoms with E-state index in [1.54, 1.807) is 69.4 Å². The summed E-state index contributed by atoms with van der Waals surface area (Å²) in [6, 6.07) is 11.6. The number of benzene rings is 1. The van der Waals surface area contributed by atoms with Crippen molar-refractivity contribution >= 4 is 18.8 Å².